The summed E-state index contributed by atoms with van der Waals surface area (Å²) in [7, 11) is 0. The zero-order chi connectivity index (χ0) is 22.4. The summed E-state index contributed by atoms with van der Waals surface area (Å²) in [6.45, 7) is 7.72. The van der Waals surface area contributed by atoms with E-state index in [1.165, 1.54) is 26.1 Å². The number of halogens is 2. The molecule has 1 rings (SSSR count). The van der Waals surface area contributed by atoms with Crippen molar-refractivity contribution in [3.8, 4) is 0 Å². The first-order valence-electron chi connectivity index (χ1n) is 9.28. The highest BCUT2D eigenvalue weighted by Crippen LogP contribution is 2.39. The third-order valence-electron chi connectivity index (χ3n) is 4.03. The lowest BCUT2D eigenvalue weighted by Gasteiger charge is -2.31. The van der Waals surface area contributed by atoms with Crippen molar-refractivity contribution in [1.82, 2.24) is 5.32 Å². The molecule has 0 aromatic carbocycles. The van der Waals surface area contributed by atoms with Crippen LogP contribution >= 0.6 is 0 Å². The molecule has 0 aromatic heterocycles. The Bertz CT molecular complexity index is 683. The fourth-order valence-electron chi connectivity index (χ4n) is 2.78. The van der Waals surface area contributed by atoms with E-state index in [4.69, 9.17) is 14.2 Å². The molecule has 0 bridgehead atoms. The number of alkyl carbamates (subject to hydrolysis) is 1. The summed E-state index contributed by atoms with van der Waals surface area (Å²) >= 11 is 0. The minimum Gasteiger partial charge on any atom is -0.466 e. The number of rotatable bonds is 6. The summed E-state index contributed by atoms with van der Waals surface area (Å²) in [5.41, 5.74) is -1.66. The van der Waals surface area contributed by atoms with Crippen LogP contribution < -0.4 is 5.32 Å². The Hall–Kier alpha value is -2.52. The number of imide groups is 1. The number of nitrogens with one attached hydrogen (secondary N) is 1. The second-order valence-electron chi connectivity index (χ2n) is 7.42. The average molecular weight is 419 g/mol. The number of carbonyl (C=O) groups is 4. The second kappa shape index (κ2) is 9.80. The molecular formula is C19H27F2NO7. The molecule has 10 heteroatoms. The Kier molecular flexibility index (Phi) is 8.28. The number of hydrogen-bond acceptors (Lipinski definition) is 7. The normalized spacial score (nSPS) is 19.6. The predicted octanol–water partition coefficient (Wildman–Crippen LogP) is 2.75. The van der Waals surface area contributed by atoms with Crippen LogP contribution in [0.25, 0.3) is 0 Å². The molecule has 0 radical (unpaired) electrons. The number of amides is 2. The van der Waals surface area contributed by atoms with Crippen LogP contribution in [0.1, 0.15) is 47.5 Å². The van der Waals surface area contributed by atoms with Gasteiger partial charge in [-0.3, -0.25) is 19.7 Å². The van der Waals surface area contributed by atoms with E-state index in [2.05, 4.69) is 0 Å². The average Bonchev–Trinajstić information content (AvgIpc) is 2.59. The summed E-state index contributed by atoms with van der Waals surface area (Å²) in [5.74, 6) is -9.73. The van der Waals surface area contributed by atoms with E-state index in [0.29, 0.717) is 0 Å². The molecule has 29 heavy (non-hydrogen) atoms. The van der Waals surface area contributed by atoms with Crippen molar-refractivity contribution < 1.29 is 42.2 Å². The molecule has 0 unspecified atom stereocenters. The zero-order valence-electron chi connectivity index (χ0n) is 17.2. The SMILES string of the molecule is CCOC(=O)[C@H]1CC=C(C(F)(F)C(=O)NC(=O)OC(C)(C)C)C[C@@H]1C(=O)OCC. The summed E-state index contributed by atoms with van der Waals surface area (Å²) in [4.78, 5) is 47.9. The van der Waals surface area contributed by atoms with E-state index in [-0.39, 0.29) is 19.6 Å². The maximum Gasteiger partial charge on any atom is 0.414 e. The van der Waals surface area contributed by atoms with Gasteiger partial charge in [0, 0.05) is 5.57 Å². The number of esters is 2. The summed E-state index contributed by atoms with van der Waals surface area (Å²) < 4.78 is 43.9. The van der Waals surface area contributed by atoms with Gasteiger partial charge < -0.3 is 14.2 Å². The van der Waals surface area contributed by atoms with E-state index in [1.807, 2.05) is 0 Å². The molecule has 0 fully saturated rings. The first-order chi connectivity index (χ1) is 13.3. The Labute approximate surface area is 167 Å². The van der Waals surface area contributed by atoms with Gasteiger partial charge in [-0.1, -0.05) is 6.08 Å². The molecule has 1 N–H and O–H groups in total. The highest BCUT2D eigenvalue weighted by molar-refractivity contribution is 5.98. The molecule has 2 amide bonds. The van der Waals surface area contributed by atoms with Crippen molar-refractivity contribution in [3.05, 3.63) is 11.6 Å². The van der Waals surface area contributed by atoms with Crippen molar-refractivity contribution in [3.63, 3.8) is 0 Å². The minimum absolute atomic E-state index is 0.000546. The van der Waals surface area contributed by atoms with Gasteiger partial charge in [0.15, 0.2) is 0 Å². The maximum absolute atomic E-state index is 14.6. The van der Waals surface area contributed by atoms with Crippen LogP contribution in [0.3, 0.4) is 0 Å². The Balaban J connectivity index is 3.03. The van der Waals surface area contributed by atoms with Crippen LogP contribution in [0.5, 0.6) is 0 Å². The summed E-state index contributed by atoms with van der Waals surface area (Å²) in [5, 5.41) is 1.50. The van der Waals surface area contributed by atoms with E-state index >= 15 is 0 Å². The number of hydrogen-bond donors (Lipinski definition) is 1. The van der Waals surface area contributed by atoms with Gasteiger partial charge in [-0.25, -0.2) is 4.79 Å². The van der Waals surface area contributed by atoms with Crippen LogP contribution in [0.2, 0.25) is 0 Å². The van der Waals surface area contributed by atoms with Crippen molar-refractivity contribution in [1.29, 1.82) is 0 Å². The molecule has 0 saturated heterocycles. The third-order valence-corrected chi connectivity index (χ3v) is 4.03. The first-order valence-corrected chi connectivity index (χ1v) is 9.28. The third kappa shape index (κ3) is 6.79. The van der Waals surface area contributed by atoms with Gasteiger partial charge >= 0.3 is 29.9 Å². The fourth-order valence-corrected chi connectivity index (χ4v) is 2.78. The summed E-state index contributed by atoms with van der Waals surface area (Å²) in [6, 6.07) is 0. The lowest BCUT2D eigenvalue weighted by atomic mass is 9.77. The van der Waals surface area contributed by atoms with Crippen molar-refractivity contribution >= 4 is 23.9 Å². The molecule has 0 heterocycles. The number of alkyl halides is 2. The van der Waals surface area contributed by atoms with Crippen molar-refractivity contribution in [2.45, 2.75) is 59.0 Å². The quantitative estimate of drug-likeness (QED) is 0.401. The van der Waals surface area contributed by atoms with Crippen LogP contribution in [0.4, 0.5) is 13.6 Å². The molecule has 0 saturated carbocycles. The number of ether oxygens (including phenoxy) is 3. The topological polar surface area (TPSA) is 108 Å². The molecule has 164 valence electrons. The maximum atomic E-state index is 14.6. The number of allylic oxidation sites excluding steroid dienone is 1. The lowest BCUT2D eigenvalue weighted by molar-refractivity contribution is -0.161. The first kappa shape index (κ1) is 24.5. The molecule has 1 aliphatic carbocycles. The minimum atomic E-state index is -4.08. The van der Waals surface area contributed by atoms with Gasteiger partial charge in [-0.2, -0.15) is 8.78 Å². The predicted molar refractivity (Wildman–Crippen MR) is 96.9 cm³/mol. The highest BCUT2D eigenvalue weighted by atomic mass is 19.3. The second-order valence-corrected chi connectivity index (χ2v) is 7.42. The molecule has 2 atom stereocenters. The van der Waals surface area contributed by atoms with E-state index in [0.717, 1.165) is 6.08 Å². The van der Waals surface area contributed by atoms with Crippen LogP contribution in [-0.2, 0) is 28.6 Å². The van der Waals surface area contributed by atoms with Gasteiger partial charge in [-0.15, -0.1) is 0 Å². The van der Waals surface area contributed by atoms with Gasteiger partial charge in [0.25, 0.3) is 0 Å². The molecule has 0 spiro atoms. The van der Waals surface area contributed by atoms with E-state index in [9.17, 15) is 28.0 Å². The molecule has 0 aromatic rings. The molecule has 8 nitrogen and oxygen atoms in total. The van der Waals surface area contributed by atoms with Gasteiger partial charge in [-0.05, 0) is 47.5 Å². The van der Waals surface area contributed by atoms with Gasteiger partial charge in [0.2, 0.25) is 0 Å². The van der Waals surface area contributed by atoms with Crippen LogP contribution in [0.15, 0.2) is 11.6 Å². The fraction of sp³-hybridized carbons (Fsp3) is 0.684. The standard InChI is InChI=1S/C19H27F2NO7/c1-6-27-14(23)12-9-8-11(10-13(12)15(24)28-7-2)19(20,21)16(25)22-17(26)29-18(3,4)5/h8,12-13H,6-7,9-10H2,1-5H3,(H,22,25,26)/t12-,13-/m0/s1. The highest BCUT2D eigenvalue weighted by Gasteiger charge is 2.49. The zero-order valence-corrected chi connectivity index (χ0v) is 17.2. The molecule has 0 aliphatic heterocycles. The smallest absolute Gasteiger partial charge is 0.414 e. The Morgan fingerprint density at radius 3 is 2.03 bits per heavy atom. The Morgan fingerprint density at radius 1 is 1.03 bits per heavy atom. The monoisotopic (exact) mass is 419 g/mol. The van der Waals surface area contributed by atoms with Gasteiger partial charge in [0.05, 0.1) is 25.0 Å². The number of carbonyl (C=O) groups excluding carboxylic acids is 4. The van der Waals surface area contributed by atoms with Crippen LogP contribution in [-0.4, -0.2) is 48.7 Å². The molecule has 1 aliphatic rings. The van der Waals surface area contributed by atoms with Gasteiger partial charge in [0.1, 0.15) is 5.60 Å². The van der Waals surface area contributed by atoms with E-state index in [1.54, 1.807) is 13.8 Å². The molecular weight excluding hydrogens is 392 g/mol. The Morgan fingerprint density at radius 2 is 1.55 bits per heavy atom. The lowest BCUT2D eigenvalue weighted by Crippen LogP contribution is -2.47. The largest absolute Gasteiger partial charge is 0.466 e. The van der Waals surface area contributed by atoms with E-state index < -0.39 is 59.3 Å². The van der Waals surface area contributed by atoms with Crippen molar-refractivity contribution in [2.24, 2.45) is 11.8 Å². The van der Waals surface area contributed by atoms with Crippen molar-refractivity contribution in [2.75, 3.05) is 13.2 Å². The van der Waals surface area contributed by atoms with Crippen LogP contribution in [0, 0.1) is 11.8 Å². The summed E-state index contributed by atoms with van der Waals surface area (Å²) in [6.07, 6.45) is -1.11.